The molecule has 29 heavy (non-hydrogen) atoms. The molecule has 1 fully saturated rings. The monoisotopic (exact) mass is 389 g/mol. The van der Waals surface area contributed by atoms with Gasteiger partial charge in [0.25, 0.3) is 0 Å². The van der Waals surface area contributed by atoms with E-state index in [4.69, 9.17) is 4.74 Å². The summed E-state index contributed by atoms with van der Waals surface area (Å²) in [5.74, 6) is 0.862. The van der Waals surface area contributed by atoms with Crippen molar-refractivity contribution in [3.63, 3.8) is 0 Å². The first-order valence-electron chi connectivity index (χ1n) is 10.1. The topological polar surface area (TPSA) is 70.0 Å². The molecule has 0 bridgehead atoms. The minimum absolute atomic E-state index is 0.159. The van der Waals surface area contributed by atoms with E-state index < -0.39 is 0 Å². The summed E-state index contributed by atoms with van der Waals surface area (Å²) in [7, 11) is 0. The van der Waals surface area contributed by atoms with Crippen LogP contribution in [0.1, 0.15) is 46.3 Å². The van der Waals surface area contributed by atoms with E-state index in [9.17, 15) is 15.0 Å². The number of allylic oxidation sites excluding steroid dienone is 4. The molecular formula is C24H23NO4. The van der Waals surface area contributed by atoms with Gasteiger partial charge in [-0.25, -0.2) is 0 Å². The Bertz CT molecular complexity index is 1060. The van der Waals surface area contributed by atoms with Gasteiger partial charge < -0.3 is 14.9 Å². The highest BCUT2D eigenvalue weighted by Gasteiger charge is 2.32. The Morgan fingerprint density at radius 2 is 1.86 bits per heavy atom. The van der Waals surface area contributed by atoms with Gasteiger partial charge in [-0.3, -0.25) is 9.69 Å². The predicted octanol–water partition coefficient (Wildman–Crippen LogP) is 4.18. The highest BCUT2D eigenvalue weighted by atomic mass is 16.5. The number of Topliss-reactive ketones (excluding diaryl/α,β-unsaturated/α-hetero) is 1. The number of hydrogen-bond acceptors (Lipinski definition) is 5. The number of benzene rings is 2. The van der Waals surface area contributed by atoms with Crippen molar-refractivity contribution in [1.82, 2.24) is 4.90 Å². The standard InChI is InChI=1S/C24H23NO4/c26-19-10-9-17-23(28)21(13-16-8-7-15-5-4-6-20(27)22(15)16)29-24(17)18(19)14-25-11-2-1-3-12-25/h4-6,8-10,13,26-27H,1-3,7,11-12,14H2/b21-13-. The average molecular weight is 389 g/mol. The van der Waals surface area contributed by atoms with Gasteiger partial charge in [0.2, 0.25) is 5.78 Å². The van der Waals surface area contributed by atoms with Crippen LogP contribution >= 0.6 is 0 Å². The number of phenolic OH excluding ortho intramolecular Hbond substituents is 2. The van der Waals surface area contributed by atoms with Gasteiger partial charge in [-0.05, 0) is 67.8 Å². The molecule has 0 amide bonds. The molecule has 5 heteroatoms. The zero-order valence-corrected chi connectivity index (χ0v) is 16.1. The van der Waals surface area contributed by atoms with Crippen LogP contribution < -0.4 is 4.74 Å². The highest BCUT2D eigenvalue weighted by molar-refractivity contribution is 6.14. The molecule has 3 aliphatic rings. The van der Waals surface area contributed by atoms with Crippen LogP contribution in [0, 0.1) is 0 Å². The summed E-state index contributed by atoms with van der Waals surface area (Å²) >= 11 is 0. The molecule has 2 aliphatic heterocycles. The van der Waals surface area contributed by atoms with Crippen LogP contribution in [0.15, 0.2) is 48.2 Å². The van der Waals surface area contributed by atoms with E-state index in [0.717, 1.165) is 42.6 Å². The third-order valence-corrected chi connectivity index (χ3v) is 5.99. The first-order valence-corrected chi connectivity index (χ1v) is 10.1. The lowest BCUT2D eigenvalue weighted by molar-refractivity contribution is 0.101. The lowest BCUT2D eigenvalue weighted by Crippen LogP contribution is -2.29. The van der Waals surface area contributed by atoms with Crippen molar-refractivity contribution < 1.29 is 19.7 Å². The maximum absolute atomic E-state index is 13.0. The zero-order valence-electron chi connectivity index (χ0n) is 16.1. The van der Waals surface area contributed by atoms with Gasteiger partial charge in [0.1, 0.15) is 17.2 Å². The summed E-state index contributed by atoms with van der Waals surface area (Å²) in [6, 6.07) is 8.65. The second-order valence-corrected chi connectivity index (χ2v) is 7.89. The van der Waals surface area contributed by atoms with Crippen LogP contribution in [0.5, 0.6) is 17.2 Å². The Hall–Kier alpha value is -3.05. The highest BCUT2D eigenvalue weighted by Crippen LogP contribution is 2.42. The third kappa shape index (κ3) is 3.12. The number of nitrogens with zero attached hydrogens (tertiary/aromatic N) is 1. The van der Waals surface area contributed by atoms with Crippen molar-refractivity contribution >= 4 is 11.4 Å². The molecule has 0 saturated carbocycles. The molecule has 2 heterocycles. The Kier molecular flexibility index (Phi) is 4.40. The summed E-state index contributed by atoms with van der Waals surface area (Å²) < 4.78 is 5.99. The predicted molar refractivity (Wildman–Crippen MR) is 110 cm³/mol. The average Bonchev–Trinajstić information content (AvgIpc) is 3.28. The normalized spacial score (nSPS) is 19.8. The molecule has 0 spiro atoms. The molecule has 0 radical (unpaired) electrons. The van der Waals surface area contributed by atoms with Crippen molar-refractivity contribution in [1.29, 1.82) is 0 Å². The molecule has 2 N–H and O–H groups in total. The largest absolute Gasteiger partial charge is 0.507 e. The summed E-state index contributed by atoms with van der Waals surface area (Å²) in [6.45, 7) is 2.55. The van der Waals surface area contributed by atoms with E-state index in [-0.39, 0.29) is 23.0 Å². The van der Waals surface area contributed by atoms with Gasteiger partial charge in [-0.1, -0.05) is 24.6 Å². The third-order valence-electron chi connectivity index (χ3n) is 5.99. The van der Waals surface area contributed by atoms with Crippen LogP contribution in [-0.2, 0) is 13.0 Å². The van der Waals surface area contributed by atoms with Crippen molar-refractivity contribution in [2.45, 2.75) is 32.2 Å². The van der Waals surface area contributed by atoms with Crippen molar-refractivity contribution in [3.8, 4) is 17.2 Å². The van der Waals surface area contributed by atoms with E-state index in [0.29, 0.717) is 29.8 Å². The van der Waals surface area contributed by atoms with E-state index in [2.05, 4.69) is 4.90 Å². The second kappa shape index (κ2) is 7.08. The molecule has 1 saturated heterocycles. The number of hydrogen-bond donors (Lipinski definition) is 2. The van der Waals surface area contributed by atoms with Crippen molar-refractivity contribution in [3.05, 3.63) is 70.5 Å². The lowest BCUT2D eigenvalue weighted by atomic mass is 10.0. The molecule has 5 rings (SSSR count). The maximum Gasteiger partial charge on any atom is 0.231 e. The maximum atomic E-state index is 13.0. The van der Waals surface area contributed by atoms with Gasteiger partial charge in [0.05, 0.1) is 11.1 Å². The Labute approximate surface area is 169 Å². The van der Waals surface area contributed by atoms with Crippen LogP contribution in [0.4, 0.5) is 0 Å². The quantitative estimate of drug-likeness (QED) is 0.771. The fourth-order valence-corrected chi connectivity index (χ4v) is 4.48. The number of piperidine rings is 1. The Morgan fingerprint density at radius 3 is 2.69 bits per heavy atom. The van der Waals surface area contributed by atoms with Crippen molar-refractivity contribution in [2.75, 3.05) is 13.1 Å². The van der Waals surface area contributed by atoms with Crippen LogP contribution in [0.25, 0.3) is 5.57 Å². The summed E-state index contributed by atoms with van der Waals surface area (Å²) in [5, 5.41) is 20.7. The SMILES string of the molecule is O=C1/C(=C/C2=CCc3cccc(O)c32)Oc2c1ccc(O)c2CN1CCCCC1. The minimum Gasteiger partial charge on any atom is -0.507 e. The van der Waals surface area contributed by atoms with Crippen molar-refractivity contribution in [2.24, 2.45) is 0 Å². The zero-order chi connectivity index (χ0) is 20.0. The van der Waals surface area contributed by atoms with Crippen LogP contribution in [-0.4, -0.2) is 34.0 Å². The van der Waals surface area contributed by atoms with Gasteiger partial charge in [-0.2, -0.15) is 0 Å². The number of fused-ring (bicyclic) bond motifs is 2. The number of phenols is 2. The first-order chi connectivity index (χ1) is 14.1. The lowest BCUT2D eigenvalue weighted by Gasteiger charge is -2.27. The molecule has 0 aromatic heterocycles. The Balaban J connectivity index is 1.47. The fraction of sp³-hybridized carbons (Fsp3) is 0.292. The molecular weight excluding hydrogens is 366 g/mol. The molecule has 1 aliphatic carbocycles. The van der Waals surface area contributed by atoms with E-state index >= 15 is 0 Å². The summed E-state index contributed by atoms with van der Waals surface area (Å²) in [6.07, 6.45) is 7.94. The Morgan fingerprint density at radius 1 is 1.03 bits per heavy atom. The molecule has 0 unspecified atom stereocenters. The number of carbonyl (C=O) groups excluding carboxylic acids is 1. The second-order valence-electron chi connectivity index (χ2n) is 7.89. The molecule has 148 valence electrons. The number of likely N-dealkylation sites (tertiary alicyclic amines) is 1. The minimum atomic E-state index is -0.190. The summed E-state index contributed by atoms with van der Waals surface area (Å²) in [5.41, 5.74) is 3.73. The number of aromatic hydroxyl groups is 2. The molecule has 0 atom stereocenters. The molecule has 2 aromatic rings. The molecule has 5 nitrogen and oxygen atoms in total. The number of ether oxygens (including phenoxy) is 1. The van der Waals surface area contributed by atoms with Gasteiger partial charge in [0.15, 0.2) is 5.76 Å². The number of carbonyl (C=O) groups is 1. The first kappa shape index (κ1) is 18.0. The van der Waals surface area contributed by atoms with E-state index in [1.807, 2.05) is 18.2 Å². The van der Waals surface area contributed by atoms with E-state index in [1.165, 1.54) is 6.42 Å². The smallest absolute Gasteiger partial charge is 0.231 e. The summed E-state index contributed by atoms with van der Waals surface area (Å²) in [4.78, 5) is 15.3. The van der Waals surface area contributed by atoms with Crippen LogP contribution in [0.3, 0.4) is 0 Å². The van der Waals surface area contributed by atoms with Crippen LogP contribution in [0.2, 0.25) is 0 Å². The van der Waals surface area contributed by atoms with Gasteiger partial charge in [-0.15, -0.1) is 0 Å². The molecule has 2 aromatic carbocycles. The van der Waals surface area contributed by atoms with Gasteiger partial charge in [0, 0.05) is 12.1 Å². The van der Waals surface area contributed by atoms with Gasteiger partial charge >= 0.3 is 0 Å². The fourth-order valence-electron chi connectivity index (χ4n) is 4.48. The number of ketones is 1. The van der Waals surface area contributed by atoms with E-state index in [1.54, 1.807) is 24.3 Å². The number of rotatable bonds is 3.